The lowest BCUT2D eigenvalue weighted by Gasteiger charge is -2.10. The molecule has 0 spiro atoms. The van der Waals surface area contributed by atoms with Crippen molar-refractivity contribution >= 4 is 17.4 Å². The molecule has 0 saturated heterocycles. The van der Waals surface area contributed by atoms with Crippen molar-refractivity contribution in [2.75, 3.05) is 18.5 Å². The van der Waals surface area contributed by atoms with Crippen LogP contribution in [0.3, 0.4) is 0 Å². The normalized spacial score (nSPS) is 10.1. The van der Waals surface area contributed by atoms with Crippen molar-refractivity contribution < 1.29 is 14.3 Å². The Morgan fingerprint density at radius 2 is 1.73 bits per heavy atom. The van der Waals surface area contributed by atoms with Gasteiger partial charge >= 0.3 is 5.97 Å². The van der Waals surface area contributed by atoms with E-state index in [4.69, 9.17) is 4.74 Å². The Hall–Kier alpha value is -2.62. The minimum atomic E-state index is -0.503. The molecular formula is C18H19NO3. The molecule has 0 aliphatic heterocycles. The van der Waals surface area contributed by atoms with Crippen molar-refractivity contribution in [3.63, 3.8) is 0 Å². The lowest BCUT2D eigenvalue weighted by Crippen LogP contribution is -2.15. The number of nitrogens with one attached hydrogen (secondary N) is 1. The fraction of sp³-hybridized carbons (Fsp3) is 0.222. The quantitative estimate of drug-likeness (QED) is 0.655. The molecule has 0 heterocycles. The second-order valence-electron chi connectivity index (χ2n) is 4.94. The van der Waals surface area contributed by atoms with Crippen molar-refractivity contribution in [3.8, 4) is 0 Å². The predicted octanol–water partition coefficient (Wildman–Crippen LogP) is 3.47. The number of carbonyl (C=O) groups excluding carboxylic acids is 2. The molecule has 0 aliphatic carbocycles. The second-order valence-corrected chi connectivity index (χ2v) is 4.94. The Morgan fingerprint density at radius 3 is 2.41 bits per heavy atom. The SMILES string of the molecule is CCNc1ccccc1C(=O)OCC(=O)c1ccc(C)cc1. The molecule has 0 atom stereocenters. The predicted molar refractivity (Wildman–Crippen MR) is 86.4 cm³/mol. The summed E-state index contributed by atoms with van der Waals surface area (Å²) < 4.78 is 5.13. The highest BCUT2D eigenvalue weighted by atomic mass is 16.5. The fourth-order valence-corrected chi connectivity index (χ4v) is 2.04. The van der Waals surface area contributed by atoms with Crippen LogP contribution in [0, 0.1) is 6.92 Å². The molecule has 0 amide bonds. The van der Waals surface area contributed by atoms with E-state index in [-0.39, 0.29) is 12.4 Å². The van der Waals surface area contributed by atoms with E-state index in [0.29, 0.717) is 23.4 Å². The van der Waals surface area contributed by atoms with E-state index in [0.717, 1.165) is 5.56 Å². The third-order valence-electron chi connectivity index (χ3n) is 3.22. The monoisotopic (exact) mass is 297 g/mol. The summed E-state index contributed by atoms with van der Waals surface area (Å²) in [5, 5.41) is 3.10. The van der Waals surface area contributed by atoms with Crippen molar-refractivity contribution in [2.24, 2.45) is 0 Å². The smallest absolute Gasteiger partial charge is 0.340 e. The molecule has 0 fully saturated rings. The zero-order valence-electron chi connectivity index (χ0n) is 12.8. The second kappa shape index (κ2) is 7.41. The number of carbonyl (C=O) groups is 2. The zero-order valence-corrected chi connectivity index (χ0v) is 12.8. The first-order chi connectivity index (χ1) is 10.6. The minimum absolute atomic E-state index is 0.214. The third-order valence-corrected chi connectivity index (χ3v) is 3.22. The number of ether oxygens (including phenoxy) is 1. The maximum Gasteiger partial charge on any atom is 0.340 e. The summed E-state index contributed by atoms with van der Waals surface area (Å²) in [6.07, 6.45) is 0. The summed E-state index contributed by atoms with van der Waals surface area (Å²) in [7, 11) is 0. The summed E-state index contributed by atoms with van der Waals surface area (Å²) in [5.74, 6) is -0.716. The van der Waals surface area contributed by atoms with Crippen molar-refractivity contribution in [1.82, 2.24) is 0 Å². The van der Waals surface area contributed by atoms with Crippen LogP contribution in [0.15, 0.2) is 48.5 Å². The molecule has 0 bridgehead atoms. The van der Waals surface area contributed by atoms with E-state index in [1.807, 2.05) is 38.1 Å². The molecule has 2 aromatic carbocycles. The number of rotatable bonds is 6. The molecule has 4 heteroatoms. The Kier molecular flexibility index (Phi) is 5.31. The van der Waals surface area contributed by atoms with Crippen LogP contribution < -0.4 is 5.32 Å². The number of hydrogen-bond donors (Lipinski definition) is 1. The first kappa shape index (κ1) is 15.8. The maximum atomic E-state index is 12.1. The molecule has 114 valence electrons. The molecule has 4 nitrogen and oxygen atoms in total. The van der Waals surface area contributed by atoms with E-state index in [9.17, 15) is 9.59 Å². The van der Waals surface area contributed by atoms with Gasteiger partial charge in [0.15, 0.2) is 12.4 Å². The summed E-state index contributed by atoms with van der Waals surface area (Å²) >= 11 is 0. The summed E-state index contributed by atoms with van der Waals surface area (Å²) in [6, 6.07) is 14.3. The van der Waals surface area contributed by atoms with Crippen LogP contribution in [-0.4, -0.2) is 24.9 Å². The van der Waals surface area contributed by atoms with Crippen LogP contribution in [0.25, 0.3) is 0 Å². The van der Waals surface area contributed by atoms with Gasteiger partial charge in [-0.1, -0.05) is 42.0 Å². The number of ketones is 1. The van der Waals surface area contributed by atoms with Crippen molar-refractivity contribution in [1.29, 1.82) is 0 Å². The Morgan fingerprint density at radius 1 is 1.05 bits per heavy atom. The highest BCUT2D eigenvalue weighted by Crippen LogP contribution is 2.16. The van der Waals surface area contributed by atoms with Crippen LogP contribution >= 0.6 is 0 Å². The summed E-state index contributed by atoms with van der Waals surface area (Å²) in [6.45, 7) is 4.34. The molecule has 0 radical (unpaired) electrons. The van der Waals surface area contributed by atoms with Gasteiger partial charge in [0, 0.05) is 17.8 Å². The summed E-state index contributed by atoms with van der Waals surface area (Å²) in [5.41, 5.74) is 2.75. The van der Waals surface area contributed by atoms with E-state index in [1.54, 1.807) is 24.3 Å². The highest BCUT2D eigenvalue weighted by Gasteiger charge is 2.14. The lowest BCUT2D eigenvalue weighted by atomic mass is 10.1. The maximum absolute atomic E-state index is 12.1. The average molecular weight is 297 g/mol. The fourth-order valence-electron chi connectivity index (χ4n) is 2.04. The number of Topliss-reactive ketones (excluding diaryl/α,β-unsaturated/α-hetero) is 1. The molecule has 2 aromatic rings. The lowest BCUT2D eigenvalue weighted by molar-refractivity contribution is 0.0475. The van der Waals surface area contributed by atoms with Crippen molar-refractivity contribution in [3.05, 3.63) is 65.2 Å². The molecule has 2 rings (SSSR count). The van der Waals surface area contributed by atoms with Crippen LogP contribution in [0.5, 0.6) is 0 Å². The van der Waals surface area contributed by atoms with Gasteiger partial charge in [-0.3, -0.25) is 4.79 Å². The van der Waals surface area contributed by atoms with Crippen molar-refractivity contribution in [2.45, 2.75) is 13.8 Å². The molecular weight excluding hydrogens is 278 g/mol. The average Bonchev–Trinajstić information content (AvgIpc) is 2.54. The first-order valence-electron chi connectivity index (χ1n) is 7.21. The van der Waals surface area contributed by atoms with Gasteiger partial charge in [0.2, 0.25) is 0 Å². The number of esters is 1. The van der Waals surface area contributed by atoms with Crippen LogP contribution in [-0.2, 0) is 4.74 Å². The minimum Gasteiger partial charge on any atom is -0.454 e. The van der Waals surface area contributed by atoms with Gasteiger partial charge in [-0.15, -0.1) is 0 Å². The first-order valence-corrected chi connectivity index (χ1v) is 7.21. The number of aryl methyl sites for hydroxylation is 1. The number of benzene rings is 2. The molecule has 0 aromatic heterocycles. The number of para-hydroxylation sites is 1. The van der Waals surface area contributed by atoms with Gasteiger partial charge in [0.05, 0.1) is 5.56 Å². The molecule has 0 aliphatic rings. The Labute approximate surface area is 130 Å². The topological polar surface area (TPSA) is 55.4 Å². The van der Waals surface area contributed by atoms with Crippen LogP contribution in [0.1, 0.15) is 33.2 Å². The molecule has 1 N–H and O–H groups in total. The number of hydrogen-bond acceptors (Lipinski definition) is 4. The van der Waals surface area contributed by atoms with E-state index < -0.39 is 5.97 Å². The van der Waals surface area contributed by atoms with Gasteiger partial charge in [0.25, 0.3) is 0 Å². The molecule has 0 saturated carbocycles. The number of anilines is 1. The van der Waals surface area contributed by atoms with Gasteiger partial charge in [0.1, 0.15) is 0 Å². The van der Waals surface area contributed by atoms with E-state index in [1.165, 1.54) is 0 Å². The largest absolute Gasteiger partial charge is 0.454 e. The van der Waals surface area contributed by atoms with E-state index >= 15 is 0 Å². The zero-order chi connectivity index (χ0) is 15.9. The van der Waals surface area contributed by atoms with Gasteiger partial charge in [-0.05, 0) is 26.0 Å². The van der Waals surface area contributed by atoms with Crippen LogP contribution in [0.4, 0.5) is 5.69 Å². The van der Waals surface area contributed by atoms with E-state index in [2.05, 4.69) is 5.32 Å². The highest BCUT2D eigenvalue weighted by molar-refractivity contribution is 6.00. The standard InChI is InChI=1S/C18H19NO3/c1-3-19-16-7-5-4-6-15(16)18(21)22-12-17(20)14-10-8-13(2)9-11-14/h4-11,19H,3,12H2,1-2H3. The molecule has 0 unspecified atom stereocenters. The Balaban J connectivity index is 2.01. The van der Waals surface area contributed by atoms with Gasteiger partial charge in [-0.2, -0.15) is 0 Å². The third kappa shape index (κ3) is 3.95. The van der Waals surface area contributed by atoms with Gasteiger partial charge in [-0.25, -0.2) is 4.79 Å². The molecule has 22 heavy (non-hydrogen) atoms. The van der Waals surface area contributed by atoms with Gasteiger partial charge < -0.3 is 10.1 Å². The Bertz CT molecular complexity index is 662. The van der Waals surface area contributed by atoms with Crippen LogP contribution in [0.2, 0.25) is 0 Å². The summed E-state index contributed by atoms with van der Waals surface area (Å²) in [4.78, 5) is 24.1.